The molecule has 0 aliphatic heterocycles. The van der Waals surface area contributed by atoms with Crippen LogP contribution in [-0.4, -0.2) is 35.1 Å². The van der Waals surface area contributed by atoms with Crippen LogP contribution in [0.1, 0.15) is 33.3 Å². The molecule has 1 aromatic heterocycles. The Bertz CT molecular complexity index is 688. The first kappa shape index (κ1) is 17.6. The predicted octanol–water partition coefficient (Wildman–Crippen LogP) is 2.36. The summed E-state index contributed by atoms with van der Waals surface area (Å²) in [6.45, 7) is 3.47. The lowest BCUT2D eigenvalue weighted by Crippen LogP contribution is -2.30. The van der Waals surface area contributed by atoms with Gasteiger partial charge in [0.25, 0.3) is 5.91 Å². The summed E-state index contributed by atoms with van der Waals surface area (Å²) < 4.78 is 5.63. The van der Waals surface area contributed by atoms with Crippen molar-refractivity contribution in [2.24, 2.45) is 5.92 Å². The van der Waals surface area contributed by atoms with E-state index in [2.05, 4.69) is 10.3 Å². The van der Waals surface area contributed by atoms with Gasteiger partial charge in [-0.25, -0.2) is 9.78 Å². The summed E-state index contributed by atoms with van der Waals surface area (Å²) in [5, 5.41) is 11.7. The third-order valence-corrected chi connectivity index (χ3v) is 3.37. The van der Waals surface area contributed by atoms with Gasteiger partial charge in [-0.3, -0.25) is 4.79 Å². The van der Waals surface area contributed by atoms with E-state index in [-0.39, 0.29) is 23.1 Å². The average molecular weight is 328 g/mol. The maximum atomic E-state index is 12.0. The van der Waals surface area contributed by atoms with Crippen LogP contribution in [0, 0.1) is 5.92 Å². The Labute approximate surface area is 140 Å². The second-order valence-corrected chi connectivity index (χ2v) is 5.55. The molecule has 2 N–H and O–H groups in total. The fourth-order valence-corrected chi connectivity index (χ4v) is 2.07. The molecule has 6 heteroatoms. The third-order valence-electron chi connectivity index (χ3n) is 3.37. The number of benzene rings is 1. The SMILES string of the molecule is CC(CNC(=O)c1ccnc(C(=O)O)c1)COCc1ccccc1. The van der Waals surface area contributed by atoms with Gasteiger partial charge in [-0.1, -0.05) is 37.3 Å². The quantitative estimate of drug-likeness (QED) is 0.776. The third kappa shape index (κ3) is 5.48. The molecule has 0 fully saturated rings. The fourth-order valence-electron chi connectivity index (χ4n) is 2.07. The largest absolute Gasteiger partial charge is 0.477 e. The molecular weight excluding hydrogens is 308 g/mol. The van der Waals surface area contributed by atoms with Crippen molar-refractivity contribution >= 4 is 11.9 Å². The average Bonchev–Trinajstić information content (AvgIpc) is 2.60. The number of carboxylic acids is 1. The zero-order chi connectivity index (χ0) is 17.4. The molecular formula is C18H20N2O4. The van der Waals surface area contributed by atoms with Crippen molar-refractivity contribution in [3.8, 4) is 0 Å². The predicted molar refractivity (Wildman–Crippen MR) is 88.8 cm³/mol. The standard InChI is InChI=1S/C18H20N2O4/c1-13(11-24-12-14-5-3-2-4-6-14)10-20-17(21)15-7-8-19-16(9-15)18(22)23/h2-9,13H,10-12H2,1H3,(H,20,21)(H,22,23). The van der Waals surface area contributed by atoms with Crippen LogP contribution in [0.2, 0.25) is 0 Å². The number of hydrogen-bond donors (Lipinski definition) is 2. The molecule has 126 valence electrons. The minimum atomic E-state index is -1.16. The van der Waals surface area contributed by atoms with Gasteiger partial charge in [0.1, 0.15) is 5.69 Å². The van der Waals surface area contributed by atoms with Crippen LogP contribution < -0.4 is 5.32 Å². The minimum absolute atomic E-state index is 0.137. The van der Waals surface area contributed by atoms with E-state index in [9.17, 15) is 9.59 Å². The first-order valence-corrected chi connectivity index (χ1v) is 7.65. The number of nitrogens with zero attached hydrogens (tertiary/aromatic N) is 1. The molecule has 1 aromatic carbocycles. The van der Waals surface area contributed by atoms with Crippen molar-refractivity contribution in [2.45, 2.75) is 13.5 Å². The van der Waals surface area contributed by atoms with E-state index in [1.54, 1.807) is 0 Å². The highest BCUT2D eigenvalue weighted by molar-refractivity contribution is 5.96. The highest BCUT2D eigenvalue weighted by Crippen LogP contribution is 2.05. The summed E-state index contributed by atoms with van der Waals surface area (Å²) >= 11 is 0. The van der Waals surface area contributed by atoms with E-state index in [0.29, 0.717) is 19.8 Å². The smallest absolute Gasteiger partial charge is 0.354 e. The molecule has 0 saturated heterocycles. The number of ether oxygens (including phenoxy) is 1. The Morgan fingerprint density at radius 3 is 2.71 bits per heavy atom. The van der Waals surface area contributed by atoms with Gasteiger partial charge in [-0.2, -0.15) is 0 Å². The van der Waals surface area contributed by atoms with Crippen LogP contribution in [-0.2, 0) is 11.3 Å². The molecule has 0 radical (unpaired) electrons. The summed E-state index contributed by atoms with van der Waals surface area (Å²) in [5.74, 6) is -1.35. The minimum Gasteiger partial charge on any atom is -0.477 e. The lowest BCUT2D eigenvalue weighted by Gasteiger charge is -2.13. The summed E-state index contributed by atoms with van der Waals surface area (Å²) in [4.78, 5) is 26.6. The summed E-state index contributed by atoms with van der Waals surface area (Å²) in [6.07, 6.45) is 1.31. The monoisotopic (exact) mass is 328 g/mol. The van der Waals surface area contributed by atoms with Gasteiger partial charge in [-0.05, 0) is 23.6 Å². The first-order chi connectivity index (χ1) is 11.6. The highest BCUT2D eigenvalue weighted by Gasteiger charge is 2.11. The van der Waals surface area contributed by atoms with Gasteiger partial charge < -0.3 is 15.2 Å². The van der Waals surface area contributed by atoms with Crippen molar-refractivity contribution in [2.75, 3.05) is 13.2 Å². The molecule has 1 amide bonds. The van der Waals surface area contributed by atoms with Crippen LogP contribution in [0.3, 0.4) is 0 Å². The lowest BCUT2D eigenvalue weighted by molar-refractivity contribution is 0.0690. The zero-order valence-electron chi connectivity index (χ0n) is 13.4. The Hall–Kier alpha value is -2.73. The number of carbonyl (C=O) groups excluding carboxylic acids is 1. The van der Waals surface area contributed by atoms with Crippen molar-refractivity contribution < 1.29 is 19.4 Å². The molecule has 0 saturated carbocycles. The number of pyridine rings is 1. The van der Waals surface area contributed by atoms with E-state index in [1.165, 1.54) is 18.3 Å². The second kappa shape index (κ2) is 8.79. The van der Waals surface area contributed by atoms with Gasteiger partial charge in [0, 0.05) is 18.3 Å². The topological polar surface area (TPSA) is 88.5 Å². The molecule has 1 atom stereocenters. The van der Waals surface area contributed by atoms with Crippen molar-refractivity contribution in [1.29, 1.82) is 0 Å². The number of carboxylic acid groups (broad SMARTS) is 1. The maximum Gasteiger partial charge on any atom is 0.354 e. The number of amides is 1. The van der Waals surface area contributed by atoms with E-state index in [1.807, 2.05) is 37.3 Å². The van der Waals surface area contributed by atoms with E-state index in [0.717, 1.165) is 5.56 Å². The Morgan fingerprint density at radius 1 is 1.25 bits per heavy atom. The molecule has 1 heterocycles. The highest BCUT2D eigenvalue weighted by atomic mass is 16.5. The van der Waals surface area contributed by atoms with Gasteiger partial charge in [0.2, 0.25) is 0 Å². The molecule has 6 nitrogen and oxygen atoms in total. The van der Waals surface area contributed by atoms with E-state index >= 15 is 0 Å². The molecule has 0 aliphatic rings. The van der Waals surface area contributed by atoms with E-state index in [4.69, 9.17) is 9.84 Å². The number of nitrogens with one attached hydrogen (secondary N) is 1. The lowest BCUT2D eigenvalue weighted by atomic mass is 10.1. The molecule has 0 bridgehead atoms. The Kier molecular flexibility index (Phi) is 6.45. The molecule has 2 rings (SSSR count). The van der Waals surface area contributed by atoms with Gasteiger partial charge in [-0.15, -0.1) is 0 Å². The Morgan fingerprint density at radius 2 is 2.00 bits per heavy atom. The van der Waals surface area contributed by atoms with Crippen LogP contribution in [0.5, 0.6) is 0 Å². The van der Waals surface area contributed by atoms with Gasteiger partial charge >= 0.3 is 5.97 Å². The summed E-state index contributed by atoms with van der Waals surface area (Å²) in [7, 11) is 0. The Balaban J connectivity index is 1.75. The molecule has 24 heavy (non-hydrogen) atoms. The summed E-state index contributed by atoms with van der Waals surface area (Å²) in [6, 6.07) is 12.6. The molecule has 0 aliphatic carbocycles. The number of hydrogen-bond acceptors (Lipinski definition) is 4. The van der Waals surface area contributed by atoms with E-state index < -0.39 is 5.97 Å². The van der Waals surface area contributed by atoms with Crippen LogP contribution in [0.25, 0.3) is 0 Å². The van der Waals surface area contributed by atoms with Crippen LogP contribution in [0.4, 0.5) is 0 Å². The molecule has 2 aromatic rings. The van der Waals surface area contributed by atoms with Crippen molar-refractivity contribution in [3.05, 3.63) is 65.5 Å². The zero-order valence-corrected chi connectivity index (χ0v) is 13.4. The van der Waals surface area contributed by atoms with Crippen LogP contribution >= 0.6 is 0 Å². The van der Waals surface area contributed by atoms with Crippen molar-refractivity contribution in [3.63, 3.8) is 0 Å². The van der Waals surface area contributed by atoms with Crippen molar-refractivity contribution in [1.82, 2.24) is 10.3 Å². The fraction of sp³-hybridized carbons (Fsp3) is 0.278. The number of aromatic nitrogens is 1. The van der Waals surface area contributed by atoms with Gasteiger partial charge in [0.15, 0.2) is 0 Å². The number of aromatic carboxylic acids is 1. The molecule has 0 spiro atoms. The summed E-state index contributed by atoms with van der Waals surface area (Å²) in [5.41, 5.74) is 1.23. The van der Waals surface area contributed by atoms with Crippen LogP contribution in [0.15, 0.2) is 48.7 Å². The first-order valence-electron chi connectivity index (χ1n) is 7.65. The molecule has 1 unspecified atom stereocenters. The normalized spacial score (nSPS) is 11.7. The van der Waals surface area contributed by atoms with Gasteiger partial charge in [0.05, 0.1) is 13.2 Å². The maximum absolute atomic E-state index is 12.0. The number of rotatable bonds is 8. The second-order valence-electron chi connectivity index (χ2n) is 5.55. The number of carbonyl (C=O) groups is 2.